The molecule has 2 heteroatoms. The molecular formula is C6H11NS. The fraction of sp³-hybridized carbons (Fsp3) is 0.500. The summed E-state index contributed by atoms with van der Waals surface area (Å²) < 4.78 is 0. The van der Waals surface area contributed by atoms with E-state index in [0.717, 1.165) is 0 Å². The van der Waals surface area contributed by atoms with Crippen LogP contribution in [0.15, 0.2) is 11.1 Å². The summed E-state index contributed by atoms with van der Waals surface area (Å²) in [6.07, 6.45) is 2.08. The highest BCUT2D eigenvalue weighted by Gasteiger charge is 1.99. The van der Waals surface area contributed by atoms with Gasteiger partial charge in [0.05, 0.1) is 0 Å². The van der Waals surface area contributed by atoms with Crippen molar-refractivity contribution in [2.24, 2.45) is 5.92 Å². The molecule has 0 saturated carbocycles. The number of rotatable bonds is 1. The number of allylic oxidation sites excluding steroid dienone is 1. The highest BCUT2D eigenvalue weighted by atomic mass is 32.1. The third-order valence-corrected chi connectivity index (χ3v) is 2.33. The Hall–Kier alpha value is -0.240. The van der Waals surface area contributed by atoms with E-state index in [9.17, 15) is 0 Å². The molecule has 0 aromatic carbocycles. The summed E-state index contributed by atoms with van der Waals surface area (Å²) in [5.41, 5.74) is 2.05. The van der Waals surface area contributed by atoms with Crippen molar-refractivity contribution in [3.63, 3.8) is 0 Å². The Morgan fingerprint density at radius 2 is 2.38 bits per heavy atom. The molecule has 0 aromatic heterocycles. The molecule has 0 aromatic rings. The van der Waals surface area contributed by atoms with E-state index in [2.05, 4.69) is 30.9 Å². The van der Waals surface area contributed by atoms with Crippen molar-refractivity contribution < 1.29 is 0 Å². The van der Waals surface area contributed by atoms with Crippen LogP contribution in [-0.4, -0.2) is 5.49 Å². The van der Waals surface area contributed by atoms with Crippen LogP contribution in [0.3, 0.4) is 0 Å². The first-order valence-corrected chi connectivity index (χ1v) is 3.75. The van der Waals surface area contributed by atoms with Gasteiger partial charge in [0.1, 0.15) is 0 Å². The SMILES string of the molecule is CC(C)C1=CNC=[SH]1. The van der Waals surface area contributed by atoms with E-state index in [-0.39, 0.29) is 0 Å². The topological polar surface area (TPSA) is 12.0 Å². The highest BCUT2D eigenvalue weighted by molar-refractivity contribution is 8.01. The van der Waals surface area contributed by atoms with E-state index in [1.807, 2.05) is 0 Å². The molecule has 8 heavy (non-hydrogen) atoms. The lowest BCUT2D eigenvalue weighted by Gasteiger charge is -1.99. The summed E-state index contributed by atoms with van der Waals surface area (Å²) in [4.78, 5) is 1.48. The highest BCUT2D eigenvalue weighted by Crippen LogP contribution is 2.18. The second kappa shape index (κ2) is 2.35. The first kappa shape index (κ1) is 5.89. The van der Waals surface area contributed by atoms with Gasteiger partial charge in [-0.25, -0.2) is 0 Å². The molecule has 46 valence electrons. The normalized spacial score (nSPS) is 17.6. The average molecular weight is 129 g/mol. The Morgan fingerprint density at radius 3 is 2.62 bits per heavy atom. The van der Waals surface area contributed by atoms with Gasteiger partial charge in [-0.1, -0.05) is 13.8 Å². The van der Waals surface area contributed by atoms with Crippen molar-refractivity contribution in [3.8, 4) is 0 Å². The van der Waals surface area contributed by atoms with E-state index in [1.54, 1.807) is 0 Å². The first-order valence-electron chi connectivity index (χ1n) is 2.79. The Kier molecular flexibility index (Phi) is 1.73. The van der Waals surface area contributed by atoms with Gasteiger partial charge >= 0.3 is 0 Å². The van der Waals surface area contributed by atoms with Gasteiger partial charge < -0.3 is 5.32 Å². The number of hydrogen-bond donors (Lipinski definition) is 2. The minimum absolute atomic E-state index is 0.697. The molecule has 1 rings (SSSR count). The molecule has 0 atom stereocenters. The van der Waals surface area contributed by atoms with Gasteiger partial charge in [0.25, 0.3) is 0 Å². The monoisotopic (exact) mass is 129 g/mol. The molecule has 0 fully saturated rings. The second-order valence-corrected chi connectivity index (χ2v) is 3.18. The van der Waals surface area contributed by atoms with Crippen LogP contribution in [0.5, 0.6) is 0 Å². The van der Waals surface area contributed by atoms with Gasteiger partial charge in [0.15, 0.2) is 0 Å². The lowest BCUT2D eigenvalue weighted by Crippen LogP contribution is -1.93. The fourth-order valence-corrected chi connectivity index (χ4v) is 1.33. The van der Waals surface area contributed by atoms with Crippen molar-refractivity contribution in [2.45, 2.75) is 13.8 Å². The third-order valence-electron chi connectivity index (χ3n) is 1.11. The lowest BCUT2D eigenvalue weighted by atomic mass is 10.2. The summed E-state index contributed by atoms with van der Waals surface area (Å²) in [7, 11) is 0. The maximum absolute atomic E-state index is 3.05. The van der Waals surface area contributed by atoms with Crippen LogP contribution < -0.4 is 5.32 Å². The predicted molar refractivity (Wildman–Crippen MR) is 41.1 cm³/mol. The molecule has 1 aliphatic heterocycles. The van der Waals surface area contributed by atoms with E-state index in [4.69, 9.17) is 0 Å². The van der Waals surface area contributed by atoms with Crippen molar-refractivity contribution in [1.29, 1.82) is 0 Å². The molecule has 0 unspecified atom stereocenters. The molecule has 0 aliphatic carbocycles. The Balaban J connectivity index is 2.58. The molecule has 0 spiro atoms. The minimum atomic E-state index is 0.697. The van der Waals surface area contributed by atoms with Crippen molar-refractivity contribution in [1.82, 2.24) is 5.32 Å². The summed E-state index contributed by atoms with van der Waals surface area (Å²) >= 11 is 1.34. The van der Waals surface area contributed by atoms with Gasteiger partial charge in [-0.15, -0.1) is 0 Å². The van der Waals surface area contributed by atoms with Crippen LogP contribution in [0.4, 0.5) is 0 Å². The van der Waals surface area contributed by atoms with E-state index >= 15 is 0 Å². The van der Waals surface area contributed by atoms with E-state index in [0.29, 0.717) is 5.92 Å². The van der Waals surface area contributed by atoms with Gasteiger partial charge in [0, 0.05) is 11.7 Å². The van der Waals surface area contributed by atoms with E-state index < -0.39 is 0 Å². The molecule has 0 saturated heterocycles. The molecular weight excluding hydrogens is 118 g/mol. The summed E-state index contributed by atoms with van der Waals surface area (Å²) in [6.45, 7) is 4.42. The predicted octanol–water partition coefficient (Wildman–Crippen LogP) is 1.31. The van der Waals surface area contributed by atoms with Crippen molar-refractivity contribution in [2.75, 3.05) is 0 Å². The fourth-order valence-electron chi connectivity index (χ4n) is 0.587. The molecule has 0 amide bonds. The van der Waals surface area contributed by atoms with Crippen molar-refractivity contribution >= 4 is 16.8 Å². The average Bonchev–Trinajstić information content (AvgIpc) is 2.12. The quantitative estimate of drug-likeness (QED) is 0.402. The maximum atomic E-state index is 3.05. The van der Waals surface area contributed by atoms with Crippen LogP contribution in [0.25, 0.3) is 0 Å². The zero-order chi connectivity index (χ0) is 5.98. The van der Waals surface area contributed by atoms with Gasteiger partial charge in [0.2, 0.25) is 0 Å². The Labute approximate surface area is 53.7 Å². The Bertz CT molecular complexity index is 135. The zero-order valence-electron chi connectivity index (χ0n) is 5.18. The Morgan fingerprint density at radius 1 is 1.62 bits per heavy atom. The molecule has 1 N–H and O–H groups in total. The second-order valence-electron chi connectivity index (χ2n) is 2.15. The standard InChI is InChI=1S/C6H11NS/c1-5(2)6-3-7-4-8-6/h3-5,7-8H,1-2H3. The third kappa shape index (κ3) is 1.13. The number of nitrogens with one attached hydrogen (secondary N) is 1. The molecule has 1 heterocycles. The van der Waals surface area contributed by atoms with Crippen LogP contribution in [0.2, 0.25) is 0 Å². The van der Waals surface area contributed by atoms with Gasteiger partial charge in [-0.2, -0.15) is 11.4 Å². The summed E-state index contributed by atoms with van der Waals surface area (Å²) in [5, 5.41) is 3.05. The van der Waals surface area contributed by atoms with E-state index in [1.165, 1.54) is 16.3 Å². The molecule has 1 nitrogen and oxygen atoms in total. The molecule has 1 aliphatic rings. The van der Waals surface area contributed by atoms with Crippen LogP contribution in [0.1, 0.15) is 13.8 Å². The smallest absolute Gasteiger partial charge is 0.0263 e. The van der Waals surface area contributed by atoms with Gasteiger partial charge in [-0.05, 0) is 10.8 Å². The largest absolute Gasteiger partial charge is 0.362 e. The molecule has 0 bridgehead atoms. The zero-order valence-corrected chi connectivity index (χ0v) is 6.07. The lowest BCUT2D eigenvalue weighted by molar-refractivity contribution is 0.814. The van der Waals surface area contributed by atoms with Crippen LogP contribution >= 0.6 is 11.4 Å². The maximum Gasteiger partial charge on any atom is 0.0263 e. The van der Waals surface area contributed by atoms with Crippen molar-refractivity contribution in [3.05, 3.63) is 11.1 Å². The summed E-state index contributed by atoms with van der Waals surface area (Å²) in [6, 6.07) is 0. The van der Waals surface area contributed by atoms with Crippen LogP contribution in [-0.2, 0) is 0 Å². The molecule has 0 radical (unpaired) electrons. The first-order chi connectivity index (χ1) is 3.80. The number of hydrogen-bond acceptors (Lipinski definition) is 1. The minimum Gasteiger partial charge on any atom is -0.362 e. The van der Waals surface area contributed by atoms with Crippen LogP contribution in [0, 0.1) is 5.92 Å². The van der Waals surface area contributed by atoms with Gasteiger partial charge in [-0.3, -0.25) is 0 Å². The summed E-state index contributed by atoms with van der Waals surface area (Å²) in [5.74, 6) is 0.697. The number of thiol groups is 1.